The molecule has 0 saturated carbocycles. The van der Waals surface area contributed by atoms with Gasteiger partial charge in [-0.2, -0.15) is 0 Å². The Bertz CT molecular complexity index is 3040. The zero-order valence-corrected chi connectivity index (χ0v) is 30.0. The van der Waals surface area contributed by atoms with Crippen molar-refractivity contribution in [2.24, 2.45) is 0 Å². The Labute approximate surface area is 320 Å². The van der Waals surface area contributed by atoms with Crippen LogP contribution >= 0.6 is 0 Å². The van der Waals surface area contributed by atoms with E-state index in [0.29, 0.717) is 5.82 Å². The molecule has 256 valence electrons. The molecule has 0 saturated heterocycles. The third-order valence-electron chi connectivity index (χ3n) is 11.5. The number of fused-ring (bicyclic) bond motifs is 7. The van der Waals surface area contributed by atoms with Gasteiger partial charge in [0.25, 0.3) is 0 Å². The fourth-order valence-corrected chi connectivity index (χ4v) is 9.15. The third-order valence-corrected chi connectivity index (χ3v) is 11.5. The van der Waals surface area contributed by atoms with Gasteiger partial charge in [-0.3, -0.25) is 0 Å². The van der Waals surface area contributed by atoms with Crippen molar-refractivity contribution < 1.29 is 0 Å². The summed E-state index contributed by atoms with van der Waals surface area (Å²) < 4.78 is 0. The van der Waals surface area contributed by atoms with Crippen LogP contribution in [0.1, 0.15) is 22.3 Å². The number of benzene rings is 9. The van der Waals surface area contributed by atoms with E-state index in [1.807, 2.05) is 6.07 Å². The average molecular weight is 699 g/mol. The monoisotopic (exact) mass is 698 g/mol. The number of hydrogen-bond acceptors (Lipinski definition) is 2. The molecule has 2 heteroatoms. The van der Waals surface area contributed by atoms with E-state index in [2.05, 4.69) is 200 Å². The number of nitrogens with zero attached hydrogens (tertiary/aromatic N) is 2. The SMILES string of the molecule is c1ccc(-c2nc(-c3ccc4c(c3)-c3ccccc3C4(c3ccccc3)c3ccccc3)cc(-c3c4ccccc4cc4ccc5ccccc5c34)n2)cc1. The van der Waals surface area contributed by atoms with Crippen LogP contribution in [0.4, 0.5) is 0 Å². The first-order chi connectivity index (χ1) is 27.3. The Kier molecular flexibility index (Phi) is 7.11. The highest BCUT2D eigenvalue weighted by Crippen LogP contribution is 2.56. The Hall–Kier alpha value is -7.16. The molecule has 0 radical (unpaired) electrons. The second-order valence-electron chi connectivity index (χ2n) is 14.5. The van der Waals surface area contributed by atoms with Gasteiger partial charge in [0.2, 0.25) is 0 Å². The van der Waals surface area contributed by atoms with Gasteiger partial charge in [-0.25, -0.2) is 9.97 Å². The highest BCUT2D eigenvalue weighted by atomic mass is 14.9. The predicted octanol–water partition coefficient (Wildman–Crippen LogP) is 13.3. The van der Waals surface area contributed by atoms with E-state index < -0.39 is 5.41 Å². The molecule has 2 nitrogen and oxygen atoms in total. The van der Waals surface area contributed by atoms with Gasteiger partial charge in [0.05, 0.1) is 16.8 Å². The Morgan fingerprint density at radius 2 is 0.927 bits per heavy atom. The minimum Gasteiger partial charge on any atom is -0.228 e. The molecule has 0 amide bonds. The van der Waals surface area contributed by atoms with Crippen LogP contribution in [0.3, 0.4) is 0 Å². The molecule has 1 aliphatic rings. The summed E-state index contributed by atoms with van der Waals surface area (Å²) in [4.78, 5) is 10.8. The van der Waals surface area contributed by atoms with E-state index in [0.717, 1.165) is 28.1 Å². The van der Waals surface area contributed by atoms with Crippen molar-refractivity contribution >= 4 is 32.3 Å². The van der Waals surface area contributed by atoms with Gasteiger partial charge >= 0.3 is 0 Å². The molecular weight excluding hydrogens is 665 g/mol. The maximum atomic E-state index is 5.41. The van der Waals surface area contributed by atoms with Crippen molar-refractivity contribution in [2.45, 2.75) is 5.41 Å². The van der Waals surface area contributed by atoms with E-state index in [-0.39, 0.29) is 0 Å². The summed E-state index contributed by atoms with van der Waals surface area (Å²) in [6, 6.07) is 74.5. The lowest BCUT2D eigenvalue weighted by Crippen LogP contribution is -2.28. The molecule has 10 aromatic rings. The average Bonchev–Trinajstić information content (AvgIpc) is 3.56. The molecule has 0 N–H and O–H groups in total. The zero-order valence-electron chi connectivity index (χ0n) is 30.0. The van der Waals surface area contributed by atoms with Crippen LogP contribution in [-0.2, 0) is 5.41 Å². The Morgan fingerprint density at radius 1 is 0.345 bits per heavy atom. The van der Waals surface area contributed by atoms with Crippen molar-refractivity contribution in [1.82, 2.24) is 9.97 Å². The van der Waals surface area contributed by atoms with Crippen molar-refractivity contribution in [1.29, 1.82) is 0 Å². The summed E-state index contributed by atoms with van der Waals surface area (Å²) in [6.07, 6.45) is 0. The molecule has 11 rings (SSSR count). The predicted molar refractivity (Wildman–Crippen MR) is 228 cm³/mol. The molecule has 1 aromatic heterocycles. The molecule has 0 bridgehead atoms. The first-order valence-corrected chi connectivity index (χ1v) is 18.9. The molecule has 1 aliphatic carbocycles. The van der Waals surface area contributed by atoms with Gasteiger partial charge in [0, 0.05) is 16.7 Å². The summed E-state index contributed by atoms with van der Waals surface area (Å²) in [5.41, 5.74) is 12.1. The Balaban J connectivity index is 1.20. The third kappa shape index (κ3) is 4.82. The van der Waals surface area contributed by atoms with Crippen molar-refractivity contribution in [2.75, 3.05) is 0 Å². The lowest BCUT2D eigenvalue weighted by Gasteiger charge is -2.33. The quantitative estimate of drug-likeness (QED) is 0.132. The zero-order chi connectivity index (χ0) is 36.3. The topological polar surface area (TPSA) is 25.8 Å². The summed E-state index contributed by atoms with van der Waals surface area (Å²) in [5, 5.41) is 7.19. The summed E-state index contributed by atoms with van der Waals surface area (Å²) in [7, 11) is 0. The summed E-state index contributed by atoms with van der Waals surface area (Å²) in [5.74, 6) is 0.707. The molecule has 0 spiro atoms. The van der Waals surface area contributed by atoms with Crippen molar-refractivity contribution in [3.8, 4) is 45.0 Å². The van der Waals surface area contributed by atoms with Crippen molar-refractivity contribution in [3.63, 3.8) is 0 Å². The Morgan fingerprint density at radius 3 is 1.69 bits per heavy atom. The van der Waals surface area contributed by atoms with E-state index >= 15 is 0 Å². The summed E-state index contributed by atoms with van der Waals surface area (Å²) >= 11 is 0. The van der Waals surface area contributed by atoms with Crippen LogP contribution in [0.5, 0.6) is 0 Å². The van der Waals surface area contributed by atoms with Crippen LogP contribution in [0, 0.1) is 0 Å². The fourth-order valence-electron chi connectivity index (χ4n) is 9.15. The van der Waals surface area contributed by atoms with Gasteiger partial charge < -0.3 is 0 Å². The molecule has 9 aromatic carbocycles. The largest absolute Gasteiger partial charge is 0.228 e. The number of rotatable bonds is 5. The van der Waals surface area contributed by atoms with Crippen LogP contribution in [0.25, 0.3) is 77.3 Å². The van der Waals surface area contributed by atoms with E-state index in [1.54, 1.807) is 0 Å². The molecule has 0 fully saturated rings. The van der Waals surface area contributed by atoms with E-state index in [9.17, 15) is 0 Å². The fraction of sp³-hybridized carbons (Fsp3) is 0.0189. The van der Waals surface area contributed by atoms with Gasteiger partial charge in [-0.15, -0.1) is 0 Å². The maximum Gasteiger partial charge on any atom is 0.160 e. The molecular formula is C53H34N2. The first kappa shape index (κ1) is 31.4. The standard InChI is InChI=1S/C53H34N2/c1-4-17-36(18-5-1)52-54-48(34-49(55-52)51-43-25-13-11-19-37(43)32-39-29-28-35-16-10-12-24-42(35)50(39)51)38-30-31-47-45(33-38)44-26-14-15-27-46(44)53(47,40-20-6-2-7-21-40)41-22-8-3-9-23-41/h1-34H. The normalized spacial score (nSPS) is 12.9. The molecule has 0 aliphatic heterocycles. The molecule has 0 unspecified atom stereocenters. The van der Waals surface area contributed by atoms with Crippen LogP contribution in [0.15, 0.2) is 206 Å². The highest BCUT2D eigenvalue weighted by molar-refractivity contribution is 6.21. The van der Waals surface area contributed by atoms with Gasteiger partial charge in [-0.05, 0) is 83.9 Å². The molecule has 1 heterocycles. The second-order valence-corrected chi connectivity index (χ2v) is 14.5. The lowest BCUT2D eigenvalue weighted by atomic mass is 9.67. The smallest absolute Gasteiger partial charge is 0.160 e. The lowest BCUT2D eigenvalue weighted by molar-refractivity contribution is 0.768. The molecule has 0 atom stereocenters. The van der Waals surface area contributed by atoms with Crippen LogP contribution in [0.2, 0.25) is 0 Å². The minimum atomic E-state index is -0.456. The first-order valence-electron chi connectivity index (χ1n) is 18.9. The molecule has 55 heavy (non-hydrogen) atoms. The van der Waals surface area contributed by atoms with E-state index in [1.165, 1.54) is 65.7 Å². The van der Waals surface area contributed by atoms with E-state index in [4.69, 9.17) is 9.97 Å². The minimum absolute atomic E-state index is 0.456. The maximum absolute atomic E-state index is 5.41. The van der Waals surface area contributed by atoms with Crippen molar-refractivity contribution in [3.05, 3.63) is 229 Å². The van der Waals surface area contributed by atoms with Crippen LogP contribution in [-0.4, -0.2) is 9.97 Å². The number of hydrogen-bond donors (Lipinski definition) is 0. The van der Waals surface area contributed by atoms with Crippen LogP contribution < -0.4 is 0 Å². The second kappa shape index (κ2) is 12.5. The number of aromatic nitrogens is 2. The van der Waals surface area contributed by atoms with Gasteiger partial charge in [0.15, 0.2) is 5.82 Å². The van der Waals surface area contributed by atoms with Gasteiger partial charge in [0.1, 0.15) is 0 Å². The summed E-state index contributed by atoms with van der Waals surface area (Å²) in [6.45, 7) is 0. The highest BCUT2D eigenvalue weighted by Gasteiger charge is 2.46. The van der Waals surface area contributed by atoms with Gasteiger partial charge in [-0.1, -0.05) is 188 Å².